The van der Waals surface area contributed by atoms with Crippen LogP contribution in [0.3, 0.4) is 0 Å². The number of aromatic amines is 2. The zero-order chi connectivity index (χ0) is 48.5. The summed E-state index contributed by atoms with van der Waals surface area (Å²) in [6.45, 7) is 9.00. The second kappa shape index (κ2) is 19.6. The van der Waals surface area contributed by atoms with Gasteiger partial charge < -0.3 is 54.1 Å². The monoisotopic (exact) mass is 943 g/mol. The van der Waals surface area contributed by atoms with Gasteiger partial charge in [0.1, 0.15) is 29.8 Å². The number of carbonyl (C=O) groups is 5. The summed E-state index contributed by atoms with van der Waals surface area (Å²) in [6, 6.07) is 17.5. The minimum absolute atomic E-state index is 0.0970. The summed E-state index contributed by atoms with van der Waals surface area (Å²) >= 11 is 0. The number of H-pyrrole nitrogens is 2. The lowest BCUT2D eigenvalue weighted by Crippen LogP contribution is -2.51. The van der Waals surface area contributed by atoms with Gasteiger partial charge in [-0.2, -0.15) is 0 Å². The molecular weight excluding hydrogens is 887 g/mol. The highest BCUT2D eigenvalue weighted by Gasteiger charge is 2.44. The van der Waals surface area contributed by atoms with Crippen molar-refractivity contribution < 1.29 is 47.7 Å². The first kappa shape index (κ1) is 46.5. The summed E-state index contributed by atoms with van der Waals surface area (Å²) in [5, 5.41) is 5.38. The number of methoxy groups -OCH3 is 2. The average Bonchev–Trinajstić information content (AvgIpc) is 4.22. The second-order valence-electron chi connectivity index (χ2n) is 18.5. The Morgan fingerprint density at radius 2 is 1.16 bits per heavy atom. The normalized spacial score (nSPS) is 19.1. The molecule has 2 unspecified atom stereocenters. The minimum Gasteiger partial charge on any atom is -0.454 e. The van der Waals surface area contributed by atoms with Crippen molar-refractivity contribution in [3.8, 4) is 45.1 Å². The summed E-state index contributed by atoms with van der Waals surface area (Å²) in [6.07, 6.45) is 2.86. The molecule has 4 N–H and O–H groups in total. The summed E-state index contributed by atoms with van der Waals surface area (Å²) < 4.78 is 26.8. The van der Waals surface area contributed by atoms with Gasteiger partial charge in [-0.05, 0) is 70.2 Å². The molecule has 4 aliphatic heterocycles. The van der Waals surface area contributed by atoms with Gasteiger partial charge in [0.25, 0.3) is 0 Å². The van der Waals surface area contributed by atoms with E-state index in [0.29, 0.717) is 42.8 Å². The number of amides is 5. The molecule has 362 valence electrons. The fraction of sp³-hybridized carbons (Fsp3) is 0.420. The molecule has 0 radical (unpaired) electrons. The first-order valence-corrected chi connectivity index (χ1v) is 23.3. The molecule has 5 amide bonds. The van der Waals surface area contributed by atoms with Crippen LogP contribution in [0.4, 0.5) is 14.4 Å². The van der Waals surface area contributed by atoms with Crippen LogP contribution in [0, 0.1) is 11.8 Å². The van der Waals surface area contributed by atoms with Crippen LogP contribution < -0.4 is 20.1 Å². The molecule has 4 aliphatic rings. The number of nitrogens with one attached hydrogen (secondary N) is 4. The molecule has 9 rings (SSSR count). The zero-order valence-corrected chi connectivity index (χ0v) is 39.4. The maximum Gasteiger partial charge on any atom is 0.410 e. The number of benzene rings is 3. The molecule has 6 heterocycles. The molecule has 3 aromatic carbocycles. The topological polar surface area (TPSA) is 223 Å². The van der Waals surface area contributed by atoms with Crippen molar-refractivity contribution in [2.24, 2.45) is 11.8 Å². The Kier molecular flexibility index (Phi) is 13.2. The van der Waals surface area contributed by atoms with Crippen molar-refractivity contribution in [1.82, 2.24) is 45.3 Å². The predicted octanol–water partition coefficient (Wildman–Crippen LogP) is 7.08. The Balaban J connectivity index is 0.871. The van der Waals surface area contributed by atoms with Crippen LogP contribution in [-0.2, 0) is 36.9 Å². The van der Waals surface area contributed by atoms with Crippen molar-refractivity contribution >= 4 is 30.1 Å². The average molecular weight is 944 g/mol. The zero-order valence-electron chi connectivity index (χ0n) is 39.4. The number of hydrogen-bond acceptors (Lipinski definition) is 12. The molecule has 0 aliphatic carbocycles. The van der Waals surface area contributed by atoms with Crippen LogP contribution >= 0.6 is 0 Å². The summed E-state index contributed by atoms with van der Waals surface area (Å²) in [4.78, 5) is 87.2. The molecule has 19 heteroatoms. The van der Waals surface area contributed by atoms with Crippen molar-refractivity contribution in [2.45, 2.75) is 90.3 Å². The fourth-order valence-electron chi connectivity index (χ4n) is 9.58. The predicted molar refractivity (Wildman–Crippen MR) is 250 cm³/mol. The van der Waals surface area contributed by atoms with E-state index in [2.05, 4.69) is 25.6 Å². The maximum atomic E-state index is 14.3. The Morgan fingerprint density at radius 1 is 0.681 bits per heavy atom. The van der Waals surface area contributed by atoms with Gasteiger partial charge in [0, 0.05) is 26.1 Å². The number of carbonyl (C=O) groups excluding carboxylic acids is 5. The van der Waals surface area contributed by atoms with Gasteiger partial charge in [0.2, 0.25) is 18.6 Å². The smallest absolute Gasteiger partial charge is 0.410 e. The molecule has 2 aromatic heterocycles. The van der Waals surface area contributed by atoms with Crippen LogP contribution in [0.5, 0.6) is 11.5 Å². The fourth-order valence-corrected chi connectivity index (χ4v) is 9.58. The molecule has 0 spiro atoms. The molecule has 69 heavy (non-hydrogen) atoms. The lowest BCUT2D eigenvalue weighted by molar-refractivity contribution is -0.136. The van der Waals surface area contributed by atoms with Crippen molar-refractivity contribution in [2.75, 3.05) is 34.1 Å². The third-order valence-electron chi connectivity index (χ3n) is 13.4. The number of aromatic nitrogens is 4. The third-order valence-corrected chi connectivity index (χ3v) is 13.4. The second-order valence-corrected chi connectivity index (χ2v) is 18.5. The van der Waals surface area contributed by atoms with Gasteiger partial charge in [-0.15, -0.1) is 0 Å². The Morgan fingerprint density at radius 3 is 1.65 bits per heavy atom. The van der Waals surface area contributed by atoms with Gasteiger partial charge >= 0.3 is 18.3 Å². The molecule has 2 saturated heterocycles. The van der Waals surface area contributed by atoms with Crippen LogP contribution in [0.2, 0.25) is 0 Å². The Hall–Kier alpha value is -7.57. The number of hydrogen-bond donors (Lipinski definition) is 4. The third kappa shape index (κ3) is 9.62. The standard InChI is InChI=1S/C50H57N9O10/c1-27(2)42(55-48(62)65-5)46(60)58-17-7-8-38(58)44-51-21-36(53-44)31-13-9-29(10-14-31)30-11-15-32(16-12-30)37-22-52-45(54-37)39-20-35(25-59(39)47(61)43(28(3)4)56-49(63)66-6)69-50(64)57-23-33-18-40-41(68-26-67-40)19-34(33)24-57/h9-16,18-19,21-22,27-28,35,38-39,42-43H,7-8,17,20,23-26H2,1-6H3,(H,51,53)(H,52,54)(H,55,62)(H,56,63)/t35?,38-,39?,42-,43-/m0/s1. The maximum absolute atomic E-state index is 14.3. The van der Waals surface area contributed by atoms with Crippen LogP contribution in [0.25, 0.3) is 33.6 Å². The minimum atomic E-state index is -0.899. The van der Waals surface area contributed by atoms with Crippen LogP contribution in [-0.4, -0.2) is 117 Å². The SMILES string of the molecule is COC(=O)N[C@H](C(=O)N1CC(OC(=O)N2Cc3cc4c(cc3C2)OCO4)CC1c1ncc(-c2ccc(-c3ccc(-c4cnc([C@@H]5CCCN5C(=O)[C@@H](NC(=O)OC)C(C)C)[nH]4)cc3)cc2)[nH]1)C(C)C. The number of alkyl carbamates (subject to hydrolysis) is 2. The largest absolute Gasteiger partial charge is 0.454 e. The van der Waals surface area contributed by atoms with E-state index in [1.807, 2.05) is 88.4 Å². The van der Waals surface area contributed by atoms with E-state index in [0.717, 1.165) is 57.6 Å². The highest BCUT2D eigenvalue weighted by molar-refractivity contribution is 5.87. The number of imidazole rings is 2. The van der Waals surface area contributed by atoms with E-state index in [1.54, 1.807) is 27.1 Å². The first-order valence-electron chi connectivity index (χ1n) is 23.3. The van der Waals surface area contributed by atoms with Crippen molar-refractivity contribution in [3.63, 3.8) is 0 Å². The molecule has 19 nitrogen and oxygen atoms in total. The van der Waals surface area contributed by atoms with Crippen LogP contribution in [0.15, 0.2) is 73.1 Å². The van der Waals surface area contributed by atoms with E-state index in [4.69, 9.17) is 28.7 Å². The molecule has 0 bridgehead atoms. The number of nitrogens with zero attached hydrogens (tertiary/aromatic N) is 5. The van der Waals surface area contributed by atoms with Gasteiger partial charge in [0.05, 0.1) is 56.6 Å². The van der Waals surface area contributed by atoms with E-state index < -0.39 is 42.5 Å². The Bertz CT molecular complexity index is 2680. The first-order chi connectivity index (χ1) is 33.3. The number of ether oxygens (including phenoxy) is 5. The number of rotatable bonds is 12. The molecule has 5 aromatic rings. The molecule has 5 atom stereocenters. The van der Waals surface area contributed by atoms with E-state index in [9.17, 15) is 24.0 Å². The molecule has 0 saturated carbocycles. The van der Waals surface area contributed by atoms with Gasteiger partial charge in [-0.25, -0.2) is 24.4 Å². The highest BCUT2D eigenvalue weighted by atomic mass is 16.7. The Labute approximate surface area is 399 Å². The highest BCUT2D eigenvalue weighted by Crippen LogP contribution is 2.40. The van der Waals surface area contributed by atoms with E-state index in [1.165, 1.54) is 14.2 Å². The summed E-state index contributed by atoms with van der Waals surface area (Å²) in [7, 11) is 2.53. The van der Waals surface area contributed by atoms with Crippen molar-refractivity contribution in [1.29, 1.82) is 0 Å². The quantitative estimate of drug-likeness (QED) is 0.0922. The van der Waals surface area contributed by atoms with E-state index >= 15 is 0 Å². The molecule has 2 fully saturated rings. The van der Waals surface area contributed by atoms with Gasteiger partial charge in [-0.1, -0.05) is 76.2 Å². The lowest BCUT2D eigenvalue weighted by Gasteiger charge is -2.30. The lowest BCUT2D eigenvalue weighted by atomic mass is 10.0. The van der Waals surface area contributed by atoms with Crippen molar-refractivity contribution in [3.05, 3.63) is 95.8 Å². The number of likely N-dealkylation sites (tertiary alicyclic amines) is 2. The number of fused-ring (bicyclic) bond motifs is 2. The van der Waals surface area contributed by atoms with Gasteiger partial charge in [-0.3, -0.25) is 14.5 Å². The molecular formula is C50H57N9O10. The van der Waals surface area contributed by atoms with Crippen LogP contribution in [0.1, 0.15) is 81.8 Å². The summed E-state index contributed by atoms with van der Waals surface area (Å²) in [5.74, 6) is 1.61. The van der Waals surface area contributed by atoms with E-state index in [-0.39, 0.29) is 49.5 Å². The van der Waals surface area contributed by atoms with Gasteiger partial charge in [0.15, 0.2) is 11.5 Å². The summed E-state index contributed by atoms with van der Waals surface area (Å²) in [5.41, 5.74) is 7.29.